The standard InChI is InChI=1S/C16H19NO3/c1-10-4-3-5-11(6-10)14-15(19)17-13(18)9-16(14)7-12(8-16)20-2/h3-6,12,14H,7-9H2,1-2H3,(H,17,18,19). The van der Waals surface area contributed by atoms with Gasteiger partial charge in [0.1, 0.15) is 0 Å². The van der Waals surface area contributed by atoms with Crippen LogP contribution in [0.15, 0.2) is 24.3 Å². The van der Waals surface area contributed by atoms with Crippen LogP contribution in [0.4, 0.5) is 0 Å². The van der Waals surface area contributed by atoms with E-state index in [2.05, 4.69) is 5.32 Å². The van der Waals surface area contributed by atoms with E-state index in [1.807, 2.05) is 31.2 Å². The summed E-state index contributed by atoms with van der Waals surface area (Å²) in [5.41, 5.74) is 1.88. The van der Waals surface area contributed by atoms with Crippen LogP contribution in [0.2, 0.25) is 0 Å². The molecule has 4 nitrogen and oxygen atoms in total. The van der Waals surface area contributed by atoms with Gasteiger partial charge in [-0.1, -0.05) is 29.8 Å². The number of piperidine rings is 1. The molecule has 1 heterocycles. The first-order valence-electron chi connectivity index (χ1n) is 6.97. The van der Waals surface area contributed by atoms with Crippen molar-refractivity contribution in [2.45, 2.75) is 38.2 Å². The maximum absolute atomic E-state index is 12.3. The molecule has 1 unspecified atom stereocenters. The molecule has 1 spiro atoms. The van der Waals surface area contributed by atoms with Crippen molar-refractivity contribution in [2.75, 3.05) is 7.11 Å². The molecule has 1 aliphatic carbocycles. The summed E-state index contributed by atoms with van der Waals surface area (Å²) in [6.45, 7) is 2.01. The van der Waals surface area contributed by atoms with Crippen molar-refractivity contribution in [3.8, 4) is 0 Å². The molecule has 20 heavy (non-hydrogen) atoms. The maximum atomic E-state index is 12.3. The lowest BCUT2D eigenvalue weighted by Gasteiger charge is -2.52. The van der Waals surface area contributed by atoms with Crippen molar-refractivity contribution < 1.29 is 14.3 Å². The number of amides is 2. The first-order valence-corrected chi connectivity index (χ1v) is 6.97. The Bertz CT molecular complexity index is 561. The minimum atomic E-state index is -0.256. The van der Waals surface area contributed by atoms with Gasteiger partial charge in [-0.15, -0.1) is 0 Å². The van der Waals surface area contributed by atoms with Crippen LogP contribution in [0.1, 0.15) is 36.3 Å². The number of hydrogen-bond acceptors (Lipinski definition) is 3. The molecule has 1 atom stereocenters. The maximum Gasteiger partial charge on any atom is 0.234 e. The van der Waals surface area contributed by atoms with E-state index in [1.165, 1.54) is 0 Å². The Morgan fingerprint density at radius 2 is 2.05 bits per heavy atom. The molecule has 1 saturated carbocycles. The van der Waals surface area contributed by atoms with E-state index in [1.54, 1.807) is 7.11 Å². The molecule has 0 aromatic heterocycles. The zero-order valence-electron chi connectivity index (χ0n) is 11.8. The Morgan fingerprint density at radius 1 is 1.30 bits per heavy atom. The molecule has 4 heteroatoms. The van der Waals surface area contributed by atoms with Crippen LogP contribution in [-0.2, 0) is 14.3 Å². The number of imide groups is 1. The Hall–Kier alpha value is -1.68. The molecule has 1 aromatic carbocycles. The highest BCUT2D eigenvalue weighted by molar-refractivity contribution is 6.02. The van der Waals surface area contributed by atoms with Gasteiger partial charge >= 0.3 is 0 Å². The van der Waals surface area contributed by atoms with E-state index >= 15 is 0 Å². The summed E-state index contributed by atoms with van der Waals surface area (Å²) in [7, 11) is 1.68. The smallest absolute Gasteiger partial charge is 0.234 e. The van der Waals surface area contributed by atoms with Gasteiger partial charge in [0.15, 0.2) is 0 Å². The largest absolute Gasteiger partial charge is 0.381 e. The summed E-state index contributed by atoms with van der Waals surface area (Å²) in [6, 6.07) is 8.01. The van der Waals surface area contributed by atoms with Gasteiger partial charge in [-0.05, 0) is 30.7 Å². The fourth-order valence-corrected chi connectivity index (χ4v) is 3.70. The molecule has 0 bridgehead atoms. The van der Waals surface area contributed by atoms with E-state index in [9.17, 15) is 9.59 Å². The quantitative estimate of drug-likeness (QED) is 0.838. The molecule has 1 saturated heterocycles. The summed E-state index contributed by atoms with van der Waals surface area (Å²) >= 11 is 0. The highest BCUT2D eigenvalue weighted by atomic mass is 16.5. The average molecular weight is 273 g/mol. The van der Waals surface area contributed by atoms with Gasteiger partial charge < -0.3 is 4.74 Å². The molecule has 2 amide bonds. The number of hydrogen-bond donors (Lipinski definition) is 1. The fourth-order valence-electron chi connectivity index (χ4n) is 3.70. The fraction of sp³-hybridized carbons (Fsp3) is 0.500. The molecule has 3 rings (SSSR count). The van der Waals surface area contributed by atoms with Crippen molar-refractivity contribution in [3.05, 3.63) is 35.4 Å². The molecular formula is C16H19NO3. The van der Waals surface area contributed by atoms with Gasteiger partial charge in [0, 0.05) is 13.5 Å². The molecule has 106 valence electrons. The van der Waals surface area contributed by atoms with Gasteiger partial charge in [-0.25, -0.2) is 0 Å². The Labute approximate surface area is 118 Å². The van der Waals surface area contributed by atoms with Crippen LogP contribution < -0.4 is 5.32 Å². The number of carbonyl (C=O) groups excluding carboxylic acids is 2. The third-order valence-corrected chi connectivity index (χ3v) is 4.63. The normalized spacial score (nSPS) is 32.9. The number of methoxy groups -OCH3 is 1. The summed E-state index contributed by atoms with van der Waals surface area (Å²) < 4.78 is 5.35. The molecular weight excluding hydrogens is 254 g/mol. The molecule has 0 radical (unpaired) electrons. The summed E-state index contributed by atoms with van der Waals surface area (Å²) in [4.78, 5) is 24.1. The van der Waals surface area contributed by atoms with Crippen molar-refractivity contribution in [3.63, 3.8) is 0 Å². The van der Waals surface area contributed by atoms with E-state index in [4.69, 9.17) is 4.74 Å². The Morgan fingerprint density at radius 3 is 2.70 bits per heavy atom. The van der Waals surface area contributed by atoms with Gasteiger partial charge in [-0.3, -0.25) is 14.9 Å². The lowest BCUT2D eigenvalue weighted by atomic mass is 9.54. The van der Waals surface area contributed by atoms with Gasteiger partial charge in [0.05, 0.1) is 12.0 Å². The van der Waals surface area contributed by atoms with Crippen molar-refractivity contribution >= 4 is 11.8 Å². The van der Waals surface area contributed by atoms with Crippen LogP contribution in [0, 0.1) is 12.3 Å². The summed E-state index contributed by atoms with van der Waals surface area (Å²) in [6.07, 6.45) is 2.14. The molecule has 1 N–H and O–H groups in total. The topological polar surface area (TPSA) is 55.4 Å². The predicted molar refractivity (Wildman–Crippen MR) is 74.2 cm³/mol. The molecule has 1 aromatic rings. The number of aryl methyl sites for hydroxylation is 1. The third kappa shape index (κ3) is 2.04. The zero-order valence-corrected chi connectivity index (χ0v) is 11.8. The molecule has 2 aliphatic rings. The summed E-state index contributed by atoms with van der Waals surface area (Å²) in [5.74, 6) is -0.568. The minimum Gasteiger partial charge on any atom is -0.381 e. The lowest BCUT2D eigenvalue weighted by molar-refractivity contribution is -0.151. The molecule has 2 fully saturated rings. The molecule has 1 aliphatic heterocycles. The lowest BCUT2D eigenvalue weighted by Crippen LogP contribution is -2.57. The number of carbonyl (C=O) groups is 2. The average Bonchev–Trinajstić information content (AvgIpc) is 2.34. The van der Waals surface area contributed by atoms with E-state index in [0.717, 1.165) is 24.0 Å². The SMILES string of the molecule is COC1CC2(CC(=O)NC(=O)C2c2cccc(C)c2)C1. The van der Waals surface area contributed by atoms with Crippen molar-refractivity contribution in [2.24, 2.45) is 5.41 Å². The van der Waals surface area contributed by atoms with Crippen LogP contribution in [-0.4, -0.2) is 25.0 Å². The monoisotopic (exact) mass is 273 g/mol. The first kappa shape index (κ1) is 13.3. The second-order valence-corrected chi connectivity index (χ2v) is 6.06. The second-order valence-electron chi connectivity index (χ2n) is 6.06. The van der Waals surface area contributed by atoms with Crippen LogP contribution in [0.25, 0.3) is 0 Å². The number of nitrogens with one attached hydrogen (secondary N) is 1. The third-order valence-electron chi connectivity index (χ3n) is 4.63. The second kappa shape index (κ2) is 4.70. The van der Waals surface area contributed by atoms with Crippen LogP contribution in [0.5, 0.6) is 0 Å². The van der Waals surface area contributed by atoms with E-state index in [0.29, 0.717) is 6.42 Å². The van der Waals surface area contributed by atoms with Crippen molar-refractivity contribution in [1.82, 2.24) is 5.32 Å². The van der Waals surface area contributed by atoms with Gasteiger partial charge in [0.25, 0.3) is 0 Å². The number of benzene rings is 1. The van der Waals surface area contributed by atoms with Crippen LogP contribution >= 0.6 is 0 Å². The van der Waals surface area contributed by atoms with E-state index in [-0.39, 0.29) is 29.3 Å². The Kier molecular flexibility index (Phi) is 3.13. The summed E-state index contributed by atoms with van der Waals surface area (Å²) in [5, 5.41) is 2.48. The van der Waals surface area contributed by atoms with Gasteiger partial charge in [-0.2, -0.15) is 0 Å². The highest BCUT2D eigenvalue weighted by Crippen LogP contribution is 2.56. The minimum absolute atomic E-state index is 0.159. The Balaban J connectivity index is 1.97. The first-order chi connectivity index (χ1) is 9.54. The van der Waals surface area contributed by atoms with Crippen LogP contribution in [0.3, 0.4) is 0 Å². The van der Waals surface area contributed by atoms with E-state index < -0.39 is 0 Å². The predicted octanol–water partition coefficient (Wildman–Crippen LogP) is 1.92. The number of ether oxygens (including phenoxy) is 1. The zero-order chi connectivity index (χ0) is 14.3. The highest BCUT2D eigenvalue weighted by Gasteiger charge is 2.56. The number of rotatable bonds is 2. The van der Waals surface area contributed by atoms with Crippen molar-refractivity contribution in [1.29, 1.82) is 0 Å². The van der Waals surface area contributed by atoms with Gasteiger partial charge in [0.2, 0.25) is 11.8 Å².